The van der Waals surface area contributed by atoms with Crippen molar-refractivity contribution >= 4 is 5.91 Å². The smallest absolute Gasteiger partial charge is 0.229 e. The lowest BCUT2D eigenvalue weighted by molar-refractivity contribution is -0.137. The van der Waals surface area contributed by atoms with Gasteiger partial charge >= 0.3 is 0 Å². The van der Waals surface area contributed by atoms with Crippen molar-refractivity contribution in [3.8, 4) is 5.75 Å². The summed E-state index contributed by atoms with van der Waals surface area (Å²) in [7, 11) is 0. The van der Waals surface area contributed by atoms with Gasteiger partial charge in [-0.3, -0.25) is 4.79 Å². The maximum Gasteiger partial charge on any atom is 0.229 e. The topological polar surface area (TPSA) is 29.5 Å². The van der Waals surface area contributed by atoms with Crippen LogP contribution in [0.25, 0.3) is 0 Å². The van der Waals surface area contributed by atoms with E-state index < -0.39 is 0 Å². The van der Waals surface area contributed by atoms with E-state index in [1.165, 1.54) is 5.56 Å². The van der Waals surface area contributed by atoms with Crippen LogP contribution >= 0.6 is 0 Å². The molecular formula is C20H23NO2. The third-order valence-electron chi connectivity index (χ3n) is 4.25. The molecule has 3 rings (SSSR count). The van der Waals surface area contributed by atoms with Gasteiger partial charge in [0.25, 0.3) is 0 Å². The summed E-state index contributed by atoms with van der Waals surface area (Å²) in [6.07, 6.45) is 1.73. The minimum Gasteiger partial charge on any atom is -0.492 e. The molecule has 1 amide bonds. The van der Waals surface area contributed by atoms with Crippen molar-refractivity contribution in [2.45, 2.75) is 26.3 Å². The first-order valence-electron chi connectivity index (χ1n) is 8.31. The zero-order valence-corrected chi connectivity index (χ0v) is 13.6. The number of nitrogens with zero attached hydrogens (tertiary/aromatic N) is 1. The Balaban J connectivity index is 1.71. The largest absolute Gasteiger partial charge is 0.492 e. The molecule has 0 fully saturated rings. The highest BCUT2D eigenvalue weighted by molar-refractivity contribution is 5.79. The van der Waals surface area contributed by atoms with Gasteiger partial charge in [-0.15, -0.1) is 0 Å². The minimum absolute atomic E-state index is 0.0832. The van der Waals surface area contributed by atoms with Gasteiger partial charge in [0.1, 0.15) is 12.4 Å². The monoisotopic (exact) mass is 309 g/mol. The van der Waals surface area contributed by atoms with Crippen LogP contribution in [0.3, 0.4) is 0 Å². The van der Waals surface area contributed by atoms with Crippen LogP contribution in [0.15, 0.2) is 54.6 Å². The Morgan fingerprint density at radius 2 is 1.87 bits per heavy atom. The zero-order chi connectivity index (χ0) is 16.1. The van der Waals surface area contributed by atoms with Gasteiger partial charge in [0.05, 0.1) is 5.92 Å². The second-order valence-corrected chi connectivity index (χ2v) is 6.07. The zero-order valence-electron chi connectivity index (χ0n) is 13.6. The van der Waals surface area contributed by atoms with Gasteiger partial charge in [-0.25, -0.2) is 0 Å². The molecule has 23 heavy (non-hydrogen) atoms. The van der Waals surface area contributed by atoms with Crippen LogP contribution in [0.4, 0.5) is 0 Å². The Morgan fingerprint density at radius 1 is 1.13 bits per heavy atom. The number of rotatable bonds is 5. The minimum atomic E-state index is -0.0832. The number of carbonyl (C=O) groups excluding carboxylic acids is 1. The molecule has 120 valence electrons. The van der Waals surface area contributed by atoms with Crippen LogP contribution in [0.5, 0.6) is 5.75 Å². The second-order valence-electron chi connectivity index (χ2n) is 6.07. The summed E-state index contributed by atoms with van der Waals surface area (Å²) in [6, 6.07) is 18.2. The van der Waals surface area contributed by atoms with Crippen LogP contribution in [0.2, 0.25) is 0 Å². The summed E-state index contributed by atoms with van der Waals surface area (Å²) >= 11 is 0. The predicted octanol–water partition coefficient (Wildman–Crippen LogP) is 3.68. The van der Waals surface area contributed by atoms with Crippen LogP contribution in [0, 0.1) is 5.92 Å². The van der Waals surface area contributed by atoms with Crippen LogP contribution in [-0.2, 0) is 17.8 Å². The van der Waals surface area contributed by atoms with Gasteiger partial charge in [-0.05, 0) is 30.0 Å². The third-order valence-corrected chi connectivity index (χ3v) is 4.25. The van der Waals surface area contributed by atoms with E-state index in [0.29, 0.717) is 13.2 Å². The van der Waals surface area contributed by atoms with E-state index in [9.17, 15) is 4.79 Å². The lowest BCUT2D eigenvalue weighted by atomic mass is 9.95. The van der Waals surface area contributed by atoms with Gasteiger partial charge in [0, 0.05) is 13.1 Å². The molecule has 0 aromatic heterocycles. The highest BCUT2D eigenvalue weighted by Crippen LogP contribution is 2.28. The molecule has 1 heterocycles. The standard InChI is InChI=1S/C20H23NO2/c1-2-12-21(14-16-8-4-3-5-9-16)20(22)18-13-17-10-6-7-11-19(17)23-15-18/h3-11,18H,2,12-15H2,1H3. The summed E-state index contributed by atoms with van der Waals surface area (Å²) in [5.41, 5.74) is 2.31. The maximum atomic E-state index is 12.9. The molecular weight excluding hydrogens is 286 g/mol. The van der Waals surface area contributed by atoms with Gasteiger partial charge < -0.3 is 9.64 Å². The normalized spacial score (nSPS) is 16.3. The van der Waals surface area contributed by atoms with E-state index >= 15 is 0 Å². The summed E-state index contributed by atoms with van der Waals surface area (Å²) in [4.78, 5) is 14.9. The molecule has 2 aromatic rings. The number of ether oxygens (including phenoxy) is 1. The van der Waals surface area contributed by atoms with Crippen molar-refractivity contribution in [3.63, 3.8) is 0 Å². The van der Waals surface area contributed by atoms with Crippen molar-refractivity contribution in [2.75, 3.05) is 13.2 Å². The molecule has 0 aliphatic carbocycles. The number of benzene rings is 2. The Bertz CT molecular complexity index is 654. The molecule has 3 nitrogen and oxygen atoms in total. The van der Waals surface area contributed by atoms with Gasteiger partial charge in [0.2, 0.25) is 5.91 Å². The Morgan fingerprint density at radius 3 is 2.65 bits per heavy atom. The summed E-state index contributed by atoms with van der Waals surface area (Å²) in [6.45, 7) is 4.04. The fourth-order valence-corrected chi connectivity index (χ4v) is 3.09. The Hall–Kier alpha value is -2.29. The lowest BCUT2D eigenvalue weighted by Crippen LogP contribution is -2.40. The molecule has 1 atom stereocenters. The number of hydrogen-bond donors (Lipinski definition) is 0. The first kappa shape index (κ1) is 15.6. The van der Waals surface area contributed by atoms with Crippen molar-refractivity contribution in [3.05, 3.63) is 65.7 Å². The highest BCUT2D eigenvalue weighted by Gasteiger charge is 2.29. The molecule has 2 aromatic carbocycles. The number of amides is 1. The summed E-state index contributed by atoms with van der Waals surface area (Å²) < 4.78 is 5.79. The van der Waals surface area contributed by atoms with E-state index in [2.05, 4.69) is 25.1 Å². The molecule has 3 heteroatoms. The molecule has 1 aliphatic heterocycles. The molecule has 0 N–H and O–H groups in total. The van der Waals surface area contributed by atoms with Crippen molar-refractivity contribution in [1.82, 2.24) is 4.90 Å². The van der Waals surface area contributed by atoms with Crippen LogP contribution in [0.1, 0.15) is 24.5 Å². The van der Waals surface area contributed by atoms with E-state index in [-0.39, 0.29) is 11.8 Å². The van der Waals surface area contributed by atoms with E-state index in [1.54, 1.807) is 0 Å². The Labute approximate surface area is 137 Å². The van der Waals surface area contributed by atoms with Crippen molar-refractivity contribution < 1.29 is 9.53 Å². The highest BCUT2D eigenvalue weighted by atomic mass is 16.5. The van der Waals surface area contributed by atoms with E-state index in [4.69, 9.17) is 4.74 Å². The fraction of sp³-hybridized carbons (Fsp3) is 0.350. The molecule has 1 aliphatic rings. The summed E-state index contributed by atoms with van der Waals surface area (Å²) in [5.74, 6) is 1.03. The maximum absolute atomic E-state index is 12.9. The molecule has 0 radical (unpaired) electrons. The van der Waals surface area contributed by atoms with E-state index in [1.807, 2.05) is 41.3 Å². The van der Waals surface area contributed by atoms with Crippen LogP contribution < -0.4 is 4.74 Å². The van der Waals surface area contributed by atoms with Gasteiger partial charge in [-0.2, -0.15) is 0 Å². The lowest BCUT2D eigenvalue weighted by Gasteiger charge is -2.30. The quantitative estimate of drug-likeness (QED) is 0.843. The number of fused-ring (bicyclic) bond motifs is 1. The van der Waals surface area contributed by atoms with Gasteiger partial charge in [-0.1, -0.05) is 55.5 Å². The first-order chi connectivity index (χ1) is 11.3. The second kappa shape index (κ2) is 7.32. The molecule has 0 bridgehead atoms. The fourth-order valence-electron chi connectivity index (χ4n) is 3.09. The Kier molecular flexibility index (Phi) is 4.96. The number of carbonyl (C=O) groups is 1. The van der Waals surface area contributed by atoms with Gasteiger partial charge in [0.15, 0.2) is 0 Å². The number of para-hydroxylation sites is 1. The summed E-state index contributed by atoms with van der Waals surface area (Å²) in [5, 5.41) is 0. The molecule has 1 unspecified atom stereocenters. The first-order valence-corrected chi connectivity index (χ1v) is 8.31. The number of hydrogen-bond acceptors (Lipinski definition) is 2. The SMILES string of the molecule is CCCN(Cc1ccccc1)C(=O)C1COc2ccccc2C1. The van der Waals surface area contributed by atoms with Crippen LogP contribution in [-0.4, -0.2) is 24.0 Å². The average molecular weight is 309 g/mol. The molecule has 0 saturated heterocycles. The third kappa shape index (κ3) is 3.73. The van der Waals surface area contributed by atoms with Crippen molar-refractivity contribution in [2.24, 2.45) is 5.92 Å². The average Bonchev–Trinajstić information content (AvgIpc) is 2.61. The molecule has 0 saturated carbocycles. The van der Waals surface area contributed by atoms with E-state index in [0.717, 1.165) is 30.7 Å². The molecule has 0 spiro atoms. The predicted molar refractivity (Wildman–Crippen MR) is 91.3 cm³/mol. The van der Waals surface area contributed by atoms with Crippen molar-refractivity contribution in [1.29, 1.82) is 0 Å².